The number of nitrogens with one attached hydrogen (secondary N) is 1. The number of nitrogens with zero attached hydrogens (tertiary/aromatic N) is 1. The lowest BCUT2D eigenvalue weighted by atomic mass is 9.94. The van der Waals surface area contributed by atoms with Crippen LogP contribution >= 0.6 is 0 Å². The Balaban J connectivity index is 2.42. The molecule has 1 aliphatic heterocycles. The second-order valence-electron chi connectivity index (χ2n) is 7.26. The van der Waals surface area contributed by atoms with E-state index in [-0.39, 0.29) is 22.6 Å². The van der Waals surface area contributed by atoms with Crippen LogP contribution in [0.2, 0.25) is 0 Å². The van der Waals surface area contributed by atoms with Crippen molar-refractivity contribution in [2.45, 2.75) is 45.1 Å². The molecule has 2 unspecified atom stereocenters. The maximum absolute atomic E-state index is 13.2. The van der Waals surface area contributed by atoms with Crippen LogP contribution in [-0.2, 0) is 10.0 Å². The number of ether oxygens (including phenoxy) is 1. The number of piperidine rings is 1. The van der Waals surface area contributed by atoms with Crippen molar-refractivity contribution in [1.29, 1.82) is 0 Å². The van der Waals surface area contributed by atoms with Crippen molar-refractivity contribution in [2.24, 2.45) is 11.8 Å². The summed E-state index contributed by atoms with van der Waals surface area (Å²) in [5.41, 5.74) is 0.311. The summed E-state index contributed by atoms with van der Waals surface area (Å²) in [4.78, 5) is 12.3. The summed E-state index contributed by atoms with van der Waals surface area (Å²) in [7, 11) is -2.29. The van der Waals surface area contributed by atoms with Gasteiger partial charge in [0, 0.05) is 24.7 Å². The number of hydrogen-bond donors (Lipinski definition) is 1. The number of rotatable bonds is 5. The Morgan fingerprint density at radius 1 is 1.24 bits per heavy atom. The van der Waals surface area contributed by atoms with E-state index in [1.54, 1.807) is 12.1 Å². The summed E-state index contributed by atoms with van der Waals surface area (Å²) in [6.45, 7) is 8.80. The first kappa shape index (κ1) is 19.7. The zero-order valence-electron chi connectivity index (χ0n) is 15.6. The topological polar surface area (TPSA) is 75.7 Å². The number of amides is 1. The summed E-state index contributed by atoms with van der Waals surface area (Å²) >= 11 is 0. The van der Waals surface area contributed by atoms with Gasteiger partial charge in [0.15, 0.2) is 0 Å². The fourth-order valence-corrected chi connectivity index (χ4v) is 5.17. The molecule has 1 N–H and O–H groups in total. The lowest BCUT2D eigenvalue weighted by Crippen LogP contribution is -2.42. The standard InChI is InChI=1S/C18H28N2O4S/c1-12(2)19-18(21)15-6-7-16(24-5)17(9-15)25(22,23)20-10-13(3)8-14(4)11-20/h6-7,9,12-14H,8,10-11H2,1-5H3,(H,19,21). The third-order valence-electron chi connectivity index (χ3n) is 4.30. The fourth-order valence-electron chi connectivity index (χ4n) is 3.31. The highest BCUT2D eigenvalue weighted by Gasteiger charge is 2.34. The highest BCUT2D eigenvalue weighted by molar-refractivity contribution is 7.89. The molecule has 6 nitrogen and oxygen atoms in total. The van der Waals surface area contributed by atoms with Crippen LogP contribution < -0.4 is 10.1 Å². The third-order valence-corrected chi connectivity index (χ3v) is 6.15. The third kappa shape index (κ3) is 4.52. The van der Waals surface area contributed by atoms with Gasteiger partial charge in [-0.05, 0) is 50.3 Å². The van der Waals surface area contributed by atoms with Crippen molar-refractivity contribution in [3.8, 4) is 5.75 Å². The first-order valence-corrected chi connectivity index (χ1v) is 10.1. The van der Waals surface area contributed by atoms with Crippen LogP contribution in [0.4, 0.5) is 0 Å². The minimum Gasteiger partial charge on any atom is -0.495 e. The second-order valence-corrected chi connectivity index (χ2v) is 9.17. The van der Waals surface area contributed by atoms with E-state index in [1.807, 2.05) is 13.8 Å². The van der Waals surface area contributed by atoms with Crippen molar-refractivity contribution in [3.63, 3.8) is 0 Å². The molecule has 25 heavy (non-hydrogen) atoms. The van der Waals surface area contributed by atoms with Gasteiger partial charge < -0.3 is 10.1 Å². The molecule has 1 fully saturated rings. The van der Waals surface area contributed by atoms with Crippen LogP contribution in [0.25, 0.3) is 0 Å². The smallest absolute Gasteiger partial charge is 0.251 e. The predicted octanol–water partition coefficient (Wildman–Crippen LogP) is 2.50. The Morgan fingerprint density at radius 2 is 1.84 bits per heavy atom. The maximum atomic E-state index is 13.2. The molecule has 0 radical (unpaired) electrons. The van der Waals surface area contributed by atoms with E-state index in [2.05, 4.69) is 19.2 Å². The van der Waals surface area contributed by atoms with E-state index in [9.17, 15) is 13.2 Å². The van der Waals surface area contributed by atoms with Gasteiger partial charge in [0.2, 0.25) is 10.0 Å². The molecular formula is C18H28N2O4S. The van der Waals surface area contributed by atoms with Crippen molar-refractivity contribution in [2.75, 3.05) is 20.2 Å². The van der Waals surface area contributed by atoms with E-state index in [0.717, 1.165) is 6.42 Å². The minimum absolute atomic E-state index is 0.0292. The molecule has 1 aromatic rings. The SMILES string of the molecule is COc1ccc(C(=O)NC(C)C)cc1S(=O)(=O)N1CC(C)CC(C)C1. The van der Waals surface area contributed by atoms with Crippen molar-refractivity contribution in [1.82, 2.24) is 9.62 Å². The molecule has 1 saturated heterocycles. The molecular weight excluding hydrogens is 340 g/mol. The number of sulfonamides is 1. The zero-order chi connectivity index (χ0) is 18.8. The van der Waals surface area contributed by atoms with Crippen LogP contribution in [0, 0.1) is 11.8 Å². The van der Waals surface area contributed by atoms with E-state index in [0.29, 0.717) is 30.5 Å². The Morgan fingerprint density at radius 3 is 2.36 bits per heavy atom. The van der Waals surface area contributed by atoms with Gasteiger partial charge in [-0.3, -0.25) is 4.79 Å². The number of carbonyl (C=O) groups is 1. The summed E-state index contributed by atoms with van der Waals surface area (Å²) < 4.78 is 33.1. The quantitative estimate of drug-likeness (QED) is 0.866. The van der Waals surface area contributed by atoms with Crippen molar-refractivity contribution >= 4 is 15.9 Å². The van der Waals surface area contributed by atoms with Gasteiger partial charge in [-0.2, -0.15) is 4.31 Å². The summed E-state index contributed by atoms with van der Waals surface area (Å²) in [5.74, 6) is 0.565. The largest absolute Gasteiger partial charge is 0.495 e. The van der Waals surface area contributed by atoms with Gasteiger partial charge >= 0.3 is 0 Å². The minimum atomic E-state index is -3.73. The summed E-state index contributed by atoms with van der Waals surface area (Å²) in [5, 5.41) is 2.78. The normalized spacial score (nSPS) is 22.0. The van der Waals surface area contributed by atoms with Crippen molar-refractivity contribution in [3.05, 3.63) is 23.8 Å². The van der Waals surface area contributed by atoms with Crippen LogP contribution in [0.3, 0.4) is 0 Å². The van der Waals surface area contributed by atoms with Gasteiger partial charge in [-0.15, -0.1) is 0 Å². The first-order chi connectivity index (χ1) is 11.6. The van der Waals surface area contributed by atoms with E-state index in [4.69, 9.17) is 4.74 Å². The van der Waals surface area contributed by atoms with E-state index >= 15 is 0 Å². The van der Waals surface area contributed by atoms with E-state index in [1.165, 1.54) is 17.5 Å². The Kier molecular flexibility index (Phi) is 6.11. The molecule has 0 bridgehead atoms. The molecule has 7 heteroatoms. The zero-order valence-corrected chi connectivity index (χ0v) is 16.4. The molecule has 0 saturated carbocycles. The lowest BCUT2D eigenvalue weighted by molar-refractivity contribution is 0.0943. The maximum Gasteiger partial charge on any atom is 0.251 e. The Labute approximate surface area is 150 Å². The number of methoxy groups -OCH3 is 1. The van der Waals surface area contributed by atoms with Gasteiger partial charge in [-0.1, -0.05) is 13.8 Å². The van der Waals surface area contributed by atoms with Gasteiger partial charge in [0.1, 0.15) is 10.6 Å². The van der Waals surface area contributed by atoms with Gasteiger partial charge in [-0.25, -0.2) is 8.42 Å². The van der Waals surface area contributed by atoms with E-state index < -0.39 is 10.0 Å². The van der Waals surface area contributed by atoms with Crippen LogP contribution in [0.15, 0.2) is 23.1 Å². The summed E-state index contributed by atoms with van der Waals surface area (Å²) in [6.07, 6.45) is 1.01. The lowest BCUT2D eigenvalue weighted by Gasteiger charge is -2.34. The molecule has 2 rings (SSSR count). The molecule has 1 heterocycles. The first-order valence-electron chi connectivity index (χ1n) is 8.64. The average Bonchev–Trinajstić information content (AvgIpc) is 2.52. The molecule has 0 spiro atoms. The highest BCUT2D eigenvalue weighted by Crippen LogP contribution is 2.32. The molecule has 1 aliphatic rings. The predicted molar refractivity (Wildman–Crippen MR) is 97.3 cm³/mol. The van der Waals surface area contributed by atoms with Crippen LogP contribution in [0.5, 0.6) is 5.75 Å². The molecule has 1 amide bonds. The number of hydrogen-bond acceptors (Lipinski definition) is 4. The summed E-state index contributed by atoms with van der Waals surface area (Å²) in [6, 6.07) is 4.50. The number of benzene rings is 1. The Hall–Kier alpha value is -1.60. The molecule has 0 aromatic heterocycles. The second kappa shape index (κ2) is 7.74. The molecule has 0 aliphatic carbocycles. The number of carbonyl (C=O) groups excluding carboxylic acids is 1. The van der Waals surface area contributed by atoms with Gasteiger partial charge in [0.25, 0.3) is 5.91 Å². The fraction of sp³-hybridized carbons (Fsp3) is 0.611. The average molecular weight is 368 g/mol. The highest BCUT2D eigenvalue weighted by atomic mass is 32.2. The molecule has 1 aromatic carbocycles. The molecule has 140 valence electrons. The molecule has 2 atom stereocenters. The van der Waals surface area contributed by atoms with Crippen LogP contribution in [-0.4, -0.2) is 44.9 Å². The van der Waals surface area contributed by atoms with Gasteiger partial charge in [0.05, 0.1) is 7.11 Å². The van der Waals surface area contributed by atoms with Crippen molar-refractivity contribution < 1.29 is 17.9 Å². The Bertz CT molecular complexity index is 721. The van der Waals surface area contributed by atoms with Crippen LogP contribution in [0.1, 0.15) is 44.5 Å². The monoisotopic (exact) mass is 368 g/mol.